The molecule has 0 aliphatic heterocycles. The van der Waals surface area contributed by atoms with Gasteiger partial charge in [-0.15, -0.1) is 17.3 Å². The van der Waals surface area contributed by atoms with Gasteiger partial charge >= 0.3 is 0 Å². The maximum Gasteiger partial charge on any atom is 0.0759 e. The summed E-state index contributed by atoms with van der Waals surface area (Å²) in [5, 5.41) is 8.94. The second-order valence-electron chi connectivity index (χ2n) is 0.191. The van der Waals surface area contributed by atoms with E-state index in [-0.39, 0.29) is 12.4 Å². The van der Waals surface area contributed by atoms with Gasteiger partial charge in [-0.1, -0.05) is 0 Å². The first-order chi connectivity index (χ1) is 1.91. The molecule has 0 unspecified atom stereocenters. The van der Waals surface area contributed by atoms with E-state index in [9.17, 15) is 0 Å². The number of nitrogens with one attached hydrogen (secondary N) is 1. The fraction of sp³-hybridized carbons (Fsp3) is 0. The molecule has 0 heterocycles. The molecule has 0 aromatic heterocycles. The first kappa shape index (κ1) is 8.82. The van der Waals surface area contributed by atoms with Crippen molar-refractivity contribution in [2.24, 2.45) is 5.29 Å². The lowest BCUT2D eigenvalue weighted by atomic mass is 12.8. The van der Waals surface area contributed by atoms with Crippen LogP contribution in [0.4, 0.5) is 0 Å². The number of hydrogen-bond donors (Lipinski definition) is 2. The van der Waals surface area contributed by atoms with Gasteiger partial charge in [0.1, 0.15) is 0 Å². The lowest BCUT2D eigenvalue weighted by Gasteiger charge is -1.62. The van der Waals surface area contributed by atoms with Crippen molar-refractivity contribution in [3.05, 3.63) is 4.91 Å². The molecule has 0 amide bonds. The predicted molar refractivity (Wildman–Crippen MR) is 18.0 cm³/mol. The molecule has 0 rings (SSSR count). The third-order valence-electron chi connectivity index (χ3n) is 0.0408. The Labute approximate surface area is 34.5 Å². The highest BCUT2D eigenvalue weighted by molar-refractivity contribution is 5.85. The van der Waals surface area contributed by atoms with Crippen LogP contribution in [0.15, 0.2) is 5.29 Å². The maximum atomic E-state index is 8.56. The summed E-state index contributed by atoms with van der Waals surface area (Å²) < 4.78 is 0. The van der Waals surface area contributed by atoms with Crippen LogP contribution >= 0.6 is 12.4 Å². The van der Waals surface area contributed by atoms with Gasteiger partial charge in [-0.3, -0.25) is 5.21 Å². The van der Waals surface area contributed by atoms with E-state index in [1.807, 2.05) is 0 Å². The van der Waals surface area contributed by atoms with E-state index in [2.05, 4.69) is 0 Å². The minimum absolute atomic E-state index is 0. The molecule has 0 aliphatic carbocycles. The molecule has 5 heteroatoms. The van der Waals surface area contributed by atoms with Crippen molar-refractivity contribution in [2.75, 3.05) is 0 Å². The first-order valence-electron chi connectivity index (χ1n) is 0.630. The highest BCUT2D eigenvalue weighted by Crippen LogP contribution is 1.30. The number of nitrogens with zero attached hydrogens (tertiary/aromatic N) is 1. The third-order valence-corrected chi connectivity index (χ3v) is 0.0408. The van der Waals surface area contributed by atoms with Crippen LogP contribution in [0, 0.1) is 4.91 Å². The molecule has 0 radical (unpaired) electrons. The zero-order chi connectivity index (χ0) is 3.41. The van der Waals surface area contributed by atoms with Gasteiger partial charge in [-0.05, 0) is 0 Å². The van der Waals surface area contributed by atoms with Crippen LogP contribution in [0.1, 0.15) is 0 Å². The van der Waals surface area contributed by atoms with Gasteiger partial charge in [0.2, 0.25) is 0 Å². The molecule has 0 spiro atoms. The molecular weight excluding hydrogens is 95.5 g/mol. The lowest BCUT2D eigenvalue weighted by Crippen LogP contribution is -1.89. The van der Waals surface area contributed by atoms with Crippen LogP contribution in [-0.4, -0.2) is 5.21 Å². The van der Waals surface area contributed by atoms with E-state index in [0.717, 1.165) is 5.59 Å². The molecular formula is H3ClN2O2. The summed E-state index contributed by atoms with van der Waals surface area (Å²) in [6.45, 7) is 0. The first-order valence-corrected chi connectivity index (χ1v) is 0.630. The Morgan fingerprint density at radius 3 is 2.00 bits per heavy atom. The number of halogens is 1. The van der Waals surface area contributed by atoms with Crippen LogP contribution < -0.4 is 5.59 Å². The average Bonchev–Trinajstić information content (AvgIpc) is 1.37. The summed E-state index contributed by atoms with van der Waals surface area (Å²) >= 11 is 0. The minimum atomic E-state index is 0. The lowest BCUT2D eigenvalue weighted by molar-refractivity contribution is 0.170. The Balaban J connectivity index is 0. The van der Waals surface area contributed by atoms with Gasteiger partial charge in [0.25, 0.3) is 0 Å². The quantitative estimate of drug-likeness (QED) is 0.360. The Morgan fingerprint density at radius 1 is 1.80 bits per heavy atom. The van der Waals surface area contributed by atoms with Gasteiger partial charge in [0.15, 0.2) is 0 Å². The number of rotatable bonds is 1. The molecule has 0 aliphatic rings. The predicted octanol–water partition coefficient (Wildman–Crippen LogP) is 0.0684. The molecule has 0 aromatic carbocycles. The zero-order valence-electron chi connectivity index (χ0n) is 2.21. The molecule has 0 saturated heterocycles. The summed E-state index contributed by atoms with van der Waals surface area (Å²) in [4.78, 5) is 8.56. The zero-order valence-corrected chi connectivity index (χ0v) is 3.03. The monoisotopic (exact) mass is 98.0 g/mol. The third kappa shape index (κ3) is 23.5. The molecule has 0 bridgehead atoms. The Bertz CT molecular complexity index is 21.6. The number of hydrogen-bond acceptors (Lipinski definition) is 3. The molecule has 2 N–H and O–H groups in total. The van der Waals surface area contributed by atoms with E-state index in [0.29, 0.717) is 0 Å². The molecule has 5 heavy (non-hydrogen) atoms. The topological polar surface area (TPSA) is 61.7 Å². The van der Waals surface area contributed by atoms with Crippen LogP contribution in [0.5, 0.6) is 0 Å². The fourth-order valence-electron chi connectivity index (χ4n) is 0. The van der Waals surface area contributed by atoms with Crippen molar-refractivity contribution >= 4 is 12.4 Å². The highest BCUT2D eigenvalue weighted by Gasteiger charge is 1.42. The van der Waals surface area contributed by atoms with Crippen molar-refractivity contribution in [1.29, 1.82) is 0 Å². The van der Waals surface area contributed by atoms with Crippen molar-refractivity contribution in [3.8, 4) is 0 Å². The molecule has 32 valence electrons. The van der Waals surface area contributed by atoms with Gasteiger partial charge in [-0.2, -0.15) is 5.59 Å². The molecule has 4 nitrogen and oxygen atoms in total. The molecule has 0 saturated carbocycles. The van der Waals surface area contributed by atoms with Crippen molar-refractivity contribution in [2.45, 2.75) is 0 Å². The second-order valence-corrected chi connectivity index (χ2v) is 0.191. The summed E-state index contributed by atoms with van der Waals surface area (Å²) in [5.74, 6) is 0. The standard InChI is InChI=1S/ClH.H2N2O2/c;3-1-2-4/h1H;(H,1,4)(H,2,3). The average molecular weight is 98.5 g/mol. The smallest absolute Gasteiger partial charge is 0.0759 e. The Morgan fingerprint density at radius 2 is 2.00 bits per heavy atom. The molecule has 0 aromatic rings. The van der Waals surface area contributed by atoms with Crippen molar-refractivity contribution < 1.29 is 5.21 Å². The number of nitroso groups, excluding NO2 is 1. The second kappa shape index (κ2) is 9.41. The highest BCUT2D eigenvalue weighted by atomic mass is 35.5. The summed E-state index contributed by atoms with van der Waals surface area (Å²) in [7, 11) is 0. The normalized spacial score (nSPS) is 4.20. The van der Waals surface area contributed by atoms with E-state index < -0.39 is 0 Å². The van der Waals surface area contributed by atoms with Gasteiger partial charge < -0.3 is 0 Å². The van der Waals surface area contributed by atoms with E-state index in [1.165, 1.54) is 0 Å². The van der Waals surface area contributed by atoms with E-state index in [4.69, 9.17) is 10.1 Å². The Hall–Kier alpha value is -0.350. The van der Waals surface area contributed by atoms with Gasteiger partial charge in [0.05, 0.1) is 5.29 Å². The van der Waals surface area contributed by atoms with E-state index >= 15 is 0 Å². The fourth-order valence-corrected chi connectivity index (χ4v) is 0. The maximum absolute atomic E-state index is 8.56. The Kier molecular flexibility index (Phi) is 16.6. The van der Waals surface area contributed by atoms with E-state index in [1.54, 1.807) is 5.29 Å². The van der Waals surface area contributed by atoms with Crippen LogP contribution in [0.2, 0.25) is 0 Å². The van der Waals surface area contributed by atoms with Crippen LogP contribution in [-0.2, 0) is 0 Å². The van der Waals surface area contributed by atoms with Crippen LogP contribution in [0.3, 0.4) is 0 Å². The largest absolute Gasteiger partial charge is 0.272 e. The molecule has 0 fully saturated rings. The minimum Gasteiger partial charge on any atom is -0.272 e. The van der Waals surface area contributed by atoms with Crippen molar-refractivity contribution in [1.82, 2.24) is 5.59 Å². The summed E-state index contributed by atoms with van der Waals surface area (Å²) in [6, 6.07) is 0. The summed E-state index contributed by atoms with van der Waals surface area (Å²) in [5.41, 5.74) is 1.00. The van der Waals surface area contributed by atoms with Crippen LogP contribution in [0.25, 0.3) is 0 Å². The van der Waals surface area contributed by atoms with Gasteiger partial charge in [-0.25, -0.2) is 0 Å². The van der Waals surface area contributed by atoms with Crippen molar-refractivity contribution in [3.63, 3.8) is 0 Å². The van der Waals surface area contributed by atoms with Gasteiger partial charge in [0, 0.05) is 0 Å². The molecule has 0 atom stereocenters. The summed E-state index contributed by atoms with van der Waals surface area (Å²) in [6.07, 6.45) is 0. The SMILES string of the molecule is Cl.O=NNO.